The second-order valence-corrected chi connectivity index (χ2v) is 7.18. The largest absolute Gasteiger partial charge is 0.441 e. The summed E-state index contributed by atoms with van der Waals surface area (Å²) in [5.74, 6) is -0.660. The zero-order chi connectivity index (χ0) is 18.2. The van der Waals surface area contributed by atoms with E-state index in [0.717, 1.165) is 18.4 Å². The molecule has 0 aliphatic heterocycles. The number of hydrogen-bond acceptors (Lipinski definition) is 5. The van der Waals surface area contributed by atoms with Crippen LogP contribution in [-0.2, 0) is 10.0 Å². The topological polar surface area (TPSA) is 101 Å². The molecule has 1 amide bonds. The maximum Gasteiger partial charge on any atom is 0.255 e. The number of fused-ring (bicyclic) bond motifs is 1. The Morgan fingerprint density at radius 1 is 1.16 bits per heavy atom. The van der Waals surface area contributed by atoms with E-state index in [9.17, 15) is 17.6 Å². The van der Waals surface area contributed by atoms with Gasteiger partial charge in [-0.2, -0.15) is 0 Å². The third kappa shape index (κ3) is 3.94. The molecule has 0 saturated carbocycles. The number of anilines is 2. The first-order chi connectivity index (χ1) is 11.7. The number of aromatic nitrogens is 1. The van der Waals surface area contributed by atoms with Gasteiger partial charge in [0, 0.05) is 18.6 Å². The van der Waals surface area contributed by atoms with Crippen LogP contribution < -0.4 is 10.0 Å². The predicted octanol–water partition coefficient (Wildman–Crippen LogP) is 2.90. The lowest BCUT2D eigenvalue weighted by Gasteiger charge is -2.12. The van der Waals surface area contributed by atoms with Gasteiger partial charge in [0.2, 0.25) is 10.0 Å². The molecule has 2 N–H and O–H groups in total. The van der Waals surface area contributed by atoms with Crippen LogP contribution in [0.3, 0.4) is 0 Å². The minimum atomic E-state index is -3.63. The Balaban J connectivity index is 1.91. The molecule has 0 aliphatic rings. The highest BCUT2D eigenvalue weighted by atomic mass is 32.2. The summed E-state index contributed by atoms with van der Waals surface area (Å²) >= 11 is 0. The quantitative estimate of drug-likeness (QED) is 0.742. The SMILES string of the molecule is Cc1nc2ccc(C(=O)Nc3ccc(F)cc3NS(C)(=O)=O)cc2o1. The van der Waals surface area contributed by atoms with Crippen molar-refractivity contribution in [3.63, 3.8) is 0 Å². The highest BCUT2D eigenvalue weighted by Gasteiger charge is 2.14. The average Bonchev–Trinajstić information content (AvgIpc) is 2.87. The van der Waals surface area contributed by atoms with E-state index in [-0.39, 0.29) is 11.4 Å². The van der Waals surface area contributed by atoms with Crippen molar-refractivity contribution in [3.8, 4) is 0 Å². The summed E-state index contributed by atoms with van der Waals surface area (Å²) in [4.78, 5) is 16.6. The van der Waals surface area contributed by atoms with Gasteiger partial charge < -0.3 is 9.73 Å². The molecule has 0 spiro atoms. The molecular weight excluding hydrogens is 349 g/mol. The number of hydrogen-bond donors (Lipinski definition) is 2. The smallest absolute Gasteiger partial charge is 0.255 e. The van der Waals surface area contributed by atoms with Crippen LogP contribution in [0.15, 0.2) is 40.8 Å². The van der Waals surface area contributed by atoms with Crippen LogP contribution in [0.2, 0.25) is 0 Å². The molecule has 1 heterocycles. The van der Waals surface area contributed by atoms with Crippen molar-refractivity contribution in [1.82, 2.24) is 4.98 Å². The number of amides is 1. The van der Waals surface area contributed by atoms with Gasteiger partial charge >= 0.3 is 0 Å². The predicted molar refractivity (Wildman–Crippen MR) is 91.6 cm³/mol. The molecule has 1 aromatic heterocycles. The summed E-state index contributed by atoms with van der Waals surface area (Å²) in [5.41, 5.74) is 1.44. The van der Waals surface area contributed by atoms with E-state index >= 15 is 0 Å². The van der Waals surface area contributed by atoms with E-state index in [2.05, 4.69) is 15.0 Å². The van der Waals surface area contributed by atoms with E-state index in [1.807, 2.05) is 0 Å². The van der Waals surface area contributed by atoms with Gasteiger partial charge in [0.05, 0.1) is 17.6 Å². The van der Waals surface area contributed by atoms with E-state index in [1.165, 1.54) is 12.1 Å². The molecule has 3 aromatic rings. The van der Waals surface area contributed by atoms with Gasteiger partial charge in [0.1, 0.15) is 11.3 Å². The highest BCUT2D eigenvalue weighted by Crippen LogP contribution is 2.25. The Kier molecular flexibility index (Phi) is 4.17. The van der Waals surface area contributed by atoms with Crippen LogP contribution in [0, 0.1) is 12.7 Å². The van der Waals surface area contributed by atoms with Crippen molar-refractivity contribution >= 4 is 38.4 Å². The standard InChI is InChI=1S/C16H14FN3O4S/c1-9-18-13-5-3-10(7-15(13)24-9)16(21)19-12-6-4-11(17)8-14(12)20-25(2,22)23/h3-8,20H,1-2H3,(H,19,21). The van der Waals surface area contributed by atoms with Gasteiger partial charge in [-0.25, -0.2) is 17.8 Å². The van der Waals surface area contributed by atoms with Crippen molar-refractivity contribution in [2.45, 2.75) is 6.92 Å². The lowest BCUT2D eigenvalue weighted by molar-refractivity contribution is 0.102. The lowest BCUT2D eigenvalue weighted by atomic mass is 10.2. The number of nitrogens with zero attached hydrogens (tertiary/aromatic N) is 1. The fraction of sp³-hybridized carbons (Fsp3) is 0.125. The number of benzene rings is 2. The summed E-state index contributed by atoms with van der Waals surface area (Å²) in [7, 11) is -3.63. The number of oxazole rings is 1. The van der Waals surface area contributed by atoms with Crippen LogP contribution in [0.5, 0.6) is 0 Å². The minimum absolute atomic E-state index is 0.0626. The van der Waals surface area contributed by atoms with Gasteiger partial charge in [-0.15, -0.1) is 0 Å². The molecule has 7 nitrogen and oxygen atoms in total. The van der Waals surface area contributed by atoms with Crippen molar-refractivity contribution in [2.24, 2.45) is 0 Å². The molecule has 0 radical (unpaired) electrons. The molecule has 0 aliphatic carbocycles. The van der Waals surface area contributed by atoms with Crippen LogP contribution in [0.4, 0.5) is 15.8 Å². The Hall–Kier alpha value is -2.94. The maximum absolute atomic E-state index is 13.4. The van der Waals surface area contributed by atoms with Gasteiger partial charge in [-0.05, 0) is 30.3 Å². The van der Waals surface area contributed by atoms with Crippen LogP contribution >= 0.6 is 0 Å². The number of aryl methyl sites for hydroxylation is 1. The first kappa shape index (κ1) is 16.9. The molecule has 0 atom stereocenters. The van der Waals surface area contributed by atoms with Crippen molar-refractivity contribution in [1.29, 1.82) is 0 Å². The molecule has 2 aromatic carbocycles. The normalized spacial score (nSPS) is 11.5. The first-order valence-corrected chi connectivity index (χ1v) is 9.06. The Morgan fingerprint density at radius 3 is 2.64 bits per heavy atom. The molecule has 130 valence electrons. The zero-order valence-electron chi connectivity index (χ0n) is 13.3. The van der Waals surface area contributed by atoms with Crippen molar-refractivity contribution in [2.75, 3.05) is 16.3 Å². The number of sulfonamides is 1. The number of halogens is 1. The lowest BCUT2D eigenvalue weighted by Crippen LogP contribution is -2.16. The summed E-state index contributed by atoms with van der Waals surface area (Å²) in [5, 5.41) is 2.55. The van der Waals surface area contributed by atoms with Gasteiger partial charge in [0.25, 0.3) is 5.91 Å². The number of carbonyl (C=O) groups excluding carboxylic acids is 1. The van der Waals surface area contributed by atoms with E-state index in [0.29, 0.717) is 22.6 Å². The monoisotopic (exact) mass is 363 g/mol. The molecule has 9 heteroatoms. The molecule has 25 heavy (non-hydrogen) atoms. The molecule has 0 fully saturated rings. The van der Waals surface area contributed by atoms with Crippen LogP contribution in [-0.4, -0.2) is 25.6 Å². The fourth-order valence-corrected chi connectivity index (χ4v) is 2.85. The fourth-order valence-electron chi connectivity index (χ4n) is 2.29. The van der Waals surface area contributed by atoms with Crippen LogP contribution in [0.25, 0.3) is 11.1 Å². The van der Waals surface area contributed by atoms with Gasteiger partial charge in [-0.1, -0.05) is 0 Å². The second kappa shape index (κ2) is 6.17. The number of rotatable bonds is 4. The molecular formula is C16H14FN3O4S. The van der Waals surface area contributed by atoms with Gasteiger partial charge in [-0.3, -0.25) is 9.52 Å². The van der Waals surface area contributed by atoms with E-state index < -0.39 is 21.7 Å². The van der Waals surface area contributed by atoms with E-state index in [4.69, 9.17) is 4.42 Å². The Morgan fingerprint density at radius 2 is 1.92 bits per heavy atom. The zero-order valence-corrected chi connectivity index (χ0v) is 14.1. The molecule has 0 bridgehead atoms. The average molecular weight is 363 g/mol. The van der Waals surface area contributed by atoms with E-state index in [1.54, 1.807) is 19.1 Å². The van der Waals surface area contributed by atoms with Gasteiger partial charge in [0.15, 0.2) is 11.5 Å². The maximum atomic E-state index is 13.4. The third-order valence-electron chi connectivity index (χ3n) is 3.28. The summed E-state index contributed by atoms with van der Waals surface area (Å²) < 4.78 is 43.8. The summed E-state index contributed by atoms with van der Waals surface area (Å²) in [6.45, 7) is 1.70. The molecule has 0 saturated heterocycles. The third-order valence-corrected chi connectivity index (χ3v) is 3.87. The number of carbonyl (C=O) groups is 1. The van der Waals surface area contributed by atoms with Crippen molar-refractivity contribution in [3.05, 3.63) is 53.7 Å². The molecule has 3 rings (SSSR count). The second-order valence-electron chi connectivity index (χ2n) is 5.43. The summed E-state index contributed by atoms with van der Waals surface area (Å²) in [6, 6.07) is 8.11. The first-order valence-electron chi connectivity index (χ1n) is 7.17. The molecule has 0 unspecified atom stereocenters. The minimum Gasteiger partial charge on any atom is -0.441 e. The summed E-state index contributed by atoms with van der Waals surface area (Å²) in [6.07, 6.45) is 0.934. The van der Waals surface area contributed by atoms with Crippen LogP contribution in [0.1, 0.15) is 16.2 Å². The Labute approximate surface area is 142 Å². The Bertz CT molecular complexity index is 1080. The highest BCUT2D eigenvalue weighted by molar-refractivity contribution is 7.92. The number of nitrogens with one attached hydrogen (secondary N) is 2. The van der Waals surface area contributed by atoms with Crippen molar-refractivity contribution < 1.29 is 22.0 Å².